The van der Waals surface area contributed by atoms with Crippen molar-refractivity contribution in [3.05, 3.63) is 64.4 Å². The van der Waals surface area contributed by atoms with Crippen LogP contribution in [0.15, 0.2) is 53.9 Å². The van der Waals surface area contributed by atoms with Crippen molar-refractivity contribution in [3.63, 3.8) is 0 Å². The Balaban J connectivity index is 1.67. The number of phenolic OH excluding ortho intramolecular Hbond substituents is 1. The third-order valence-electron chi connectivity index (χ3n) is 4.38. The minimum atomic E-state index is 0.413. The van der Waals surface area contributed by atoms with Crippen LogP contribution in [0, 0.1) is 0 Å². The zero-order valence-electron chi connectivity index (χ0n) is 12.4. The van der Waals surface area contributed by atoms with E-state index in [1.54, 1.807) is 0 Å². The molecule has 0 spiro atoms. The van der Waals surface area contributed by atoms with E-state index in [0.717, 1.165) is 18.7 Å². The Morgan fingerprint density at radius 1 is 1.00 bits per heavy atom. The summed E-state index contributed by atoms with van der Waals surface area (Å²) >= 11 is 1.81. The molecule has 0 radical (unpaired) electrons. The number of nitrogens with zero attached hydrogens (tertiary/aromatic N) is 1. The van der Waals surface area contributed by atoms with E-state index in [4.69, 9.17) is 0 Å². The number of hydrogen-bond acceptors (Lipinski definition) is 3. The van der Waals surface area contributed by atoms with Crippen LogP contribution in [-0.2, 0) is 13.1 Å². The third kappa shape index (κ3) is 2.74. The van der Waals surface area contributed by atoms with Gasteiger partial charge in [0.1, 0.15) is 5.75 Å². The van der Waals surface area contributed by atoms with Gasteiger partial charge in [-0.3, -0.25) is 4.90 Å². The molecule has 112 valence electrons. The predicted octanol–water partition coefficient (Wildman–Crippen LogP) is 4.77. The molecule has 3 heteroatoms. The molecule has 1 N–H and O–H groups in total. The lowest BCUT2D eigenvalue weighted by molar-refractivity contribution is 0.246. The molecule has 4 rings (SSSR count). The molecule has 0 saturated heterocycles. The number of fused-ring (bicyclic) bond motifs is 1. The van der Waals surface area contributed by atoms with E-state index >= 15 is 0 Å². The smallest absolute Gasteiger partial charge is 0.120 e. The molecule has 2 aromatic carbocycles. The quantitative estimate of drug-likeness (QED) is 0.733. The summed E-state index contributed by atoms with van der Waals surface area (Å²) in [7, 11) is 0. The van der Waals surface area contributed by atoms with Crippen molar-refractivity contribution in [2.75, 3.05) is 0 Å². The van der Waals surface area contributed by atoms with Crippen LogP contribution < -0.4 is 0 Å². The largest absolute Gasteiger partial charge is 0.508 e. The van der Waals surface area contributed by atoms with Gasteiger partial charge in [-0.05, 0) is 41.1 Å². The van der Waals surface area contributed by atoms with Crippen LogP contribution in [-0.4, -0.2) is 16.0 Å². The molecule has 1 aliphatic carbocycles. The lowest BCUT2D eigenvalue weighted by Crippen LogP contribution is -2.24. The van der Waals surface area contributed by atoms with Crippen molar-refractivity contribution in [1.82, 2.24) is 4.90 Å². The first-order valence-electron chi connectivity index (χ1n) is 7.77. The second kappa shape index (κ2) is 5.75. The highest BCUT2D eigenvalue weighted by atomic mass is 32.1. The van der Waals surface area contributed by atoms with Crippen molar-refractivity contribution in [2.24, 2.45) is 0 Å². The van der Waals surface area contributed by atoms with E-state index in [-0.39, 0.29) is 0 Å². The average molecular weight is 309 g/mol. The summed E-state index contributed by atoms with van der Waals surface area (Å²) in [5.41, 5.74) is 1.06. The number of aromatic hydroxyl groups is 1. The zero-order valence-corrected chi connectivity index (χ0v) is 13.2. The fourth-order valence-electron chi connectivity index (χ4n) is 3.05. The van der Waals surface area contributed by atoms with Gasteiger partial charge in [0.05, 0.1) is 0 Å². The van der Waals surface area contributed by atoms with E-state index in [0.29, 0.717) is 11.8 Å². The van der Waals surface area contributed by atoms with Crippen LogP contribution in [0.25, 0.3) is 10.8 Å². The predicted molar refractivity (Wildman–Crippen MR) is 92.2 cm³/mol. The molecule has 3 aromatic rings. The van der Waals surface area contributed by atoms with Crippen molar-refractivity contribution in [2.45, 2.75) is 32.0 Å². The van der Waals surface area contributed by atoms with Crippen LogP contribution >= 0.6 is 11.3 Å². The van der Waals surface area contributed by atoms with Crippen molar-refractivity contribution in [3.8, 4) is 5.75 Å². The van der Waals surface area contributed by atoms with E-state index in [1.807, 2.05) is 35.6 Å². The van der Waals surface area contributed by atoms with Crippen molar-refractivity contribution in [1.29, 1.82) is 0 Å². The second-order valence-corrected chi connectivity index (χ2v) is 7.03. The molecule has 1 aliphatic rings. The highest BCUT2D eigenvalue weighted by Crippen LogP contribution is 2.34. The van der Waals surface area contributed by atoms with Gasteiger partial charge in [-0.2, -0.15) is 0 Å². The molecule has 1 aromatic heterocycles. The van der Waals surface area contributed by atoms with Gasteiger partial charge < -0.3 is 5.11 Å². The normalized spacial score (nSPS) is 14.8. The first-order chi connectivity index (χ1) is 10.8. The minimum absolute atomic E-state index is 0.413. The second-order valence-electron chi connectivity index (χ2n) is 6.00. The van der Waals surface area contributed by atoms with E-state index in [9.17, 15) is 5.11 Å². The van der Waals surface area contributed by atoms with Gasteiger partial charge >= 0.3 is 0 Å². The molecule has 1 heterocycles. The van der Waals surface area contributed by atoms with E-state index in [2.05, 4.69) is 34.5 Å². The van der Waals surface area contributed by atoms with Crippen LogP contribution in [0.4, 0.5) is 0 Å². The first-order valence-corrected chi connectivity index (χ1v) is 8.65. The lowest BCUT2D eigenvalue weighted by atomic mass is 10.0. The Morgan fingerprint density at radius 2 is 1.86 bits per heavy atom. The number of thiophene rings is 1. The standard InChI is InChI=1S/C19H19NOS/c21-19-10-7-14-4-1-2-6-17(14)18(19)13-20(15-8-9-15)12-16-5-3-11-22-16/h1-7,10-11,15,21H,8-9,12-13H2. The molecular formula is C19H19NOS. The third-order valence-corrected chi connectivity index (χ3v) is 5.24. The molecule has 22 heavy (non-hydrogen) atoms. The molecule has 0 bridgehead atoms. The maximum atomic E-state index is 10.4. The summed E-state index contributed by atoms with van der Waals surface area (Å²) in [4.78, 5) is 3.90. The monoisotopic (exact) mass is 309 g/mol. The van der Waals surface area contributed by atoms with Gasteiger partial charge in [-0.25, -0.2) is 0 Å². The Morgan fingerprint density at radius 3 is 2.64 bits per heavy atom. The zero-order chi connectivity index (χ0) is 14.9. The van der Waals surface area contributed by atoms with Crippen molar-refractivity contribution < 1.29 is 5.11 Å². The van der Waals surface area contributed by atoms with Gasteiger partial charge in [-0.15, -0.1) is 11.3 Å². The van der Waals surface area contributed by atoms with Crippen LogP contribution in [0.3, 0.4) is 0 Å². The number of hydrogen-bond donors (Lipinski definition) is 1. The summed E-state index contributed by atoms with van der Waals surface area (Å²) in [6.07, 6.45) is 2.55. The topological polar surface area (TPSA) is 23.5 Å². The van der Waals surface area contributed by atoms with Crippen LogP contribution in [0.1, 0.15) is 23.3 Å². The Hall–Kier alpha value is -1.84. The van der Waals surface area contributed by atoms with E-state index in [1.165, 1.54) is 28.5 Å². The molecule has 0 unspecified atom stereocenters. The van der Waals surface area contributed by atoms with Crippen LogP contribution in [0.5, 0.6) is 5.75 Å². The summed E-state index contributed by atoms with van der Waals surface area (Å²) < 4.78 is 0. The summed E-state index contributed by atoms with van der Waals surface area (Å²) in [5, 5.41) is 14.9. The highest BCUT2D eigenvalue weighted by Gasteiger charge is 2.30. The lowest BCUT2D eigenvalue weighted by Gasteiger charge is -2.23. The first kappa shape index (κ1) is 13.8. The molecule has 1 fully saturated rings. The number of benzene rings is 2. The fourth-order valence-corrected chi connectivity index (χ4v) is 3.78. The molecule has 2 nitrogen and oxygen atoms in total. The molecular weight excluding hydrogens is 290 g/mol. The maximum absolute atomic E-state index is 10.4. The Labute approximate surface area is 134 Å². The summed E-state index contributed by atoms with van der Waals surface area (Å²) in [5.74, 6) is 0.413. The van der Waals surface area contributed by atoms with Crippen molar-refractivity contribution >= 4 is 22.1 Å². The van der Waals surface area contributed by atoms with Gasteiger partial charge in [-0.1, -0.05) is 36.4 Å². The Bertz CT molecular complexity index is 777. The van der Waals surface area contributed by atoms with Gasteiger partial charge in [0.2, 0.25) is 0 Å². The SMILES string of the molecule is Oc1ccc2ccccc2c1CN(Cc1cccs1)C1CC1. The minimum Gasteiger partial charge on any atom is -0.508 e. The summed E-state index contributed by atoms with van der Waals surface area (Å²) in [6, 6.07) is 17.1. The molecule has 1 saturated carbocycles. The highest BCUT2D eigenvalue weighted by molar-refractivity contribution is 7.09. The molecule has 0 amide bonds. The van der Waals surface area contributed by atoms with E-state index < -0.39 is 0 Å². The fraction of sp³-hybridized carbons (Fsp3) is 0.263. The Kier molecular flexibility index (Phi) is 3.60. The van der Waals surface area contributed by atoms with Crippen LogP contribution in [0.2, 0.25) is 0 Å². The molecule has 0 aliphatic heterocycles. The average Bonchev–Trinajstić information content (AvgIpc) is 3.26. The summed E-state index contributed by atoms with van der Waals surface area (Å²) in [6.45, 7) is 1.79. The van der Waals surface area contributed by atoms with Gasteiger partial charge in [0, 0.05) is 29.6 Å². The molecule has 0 atom stereocenters. The number of rotatable bonds is 5. The van der Waals surface area contributed by atoms with Gasteiger partial charge in [0.15, 0.2) is 0 Å². The maximum Gasteiger partial charge on any atom is 0.120 e. The van der Waals surface area contributed by atoms with Gasteiger partial charge in [0.25, 0.3) is 0 Å². The number of phenols is 1.